The normalized spacial score (nSPS) is 11.3. The van der Waals surface area contributed by atoms with E-state index in [0.29, 0.717) is 4.47 Å². The second kappa shape index (κ2) is 6.31. The van der Waals surface area contributed by atoms with Gasteiger partial charge in [-0.25, -0.2) is 8.42 Å². The van der Waals surface area contributed by atoms with Gasteiger partial charge >= 0.3 is 5.97 Å². The Morgan fingerprint density at radius 3 is 2.67 bits per heavy atom. The third-order valence-corrected chi connectivity index (χ3v) is 4.47. The quantitative estimate of drug-likeness (QED) is 0.829. The number of ether oxygens (including phenoxy) is 1. The molecule has 0 amide bonds. The Bertz CT molecular complexity index is 542. The Hall–Kier alpha value is -0.920. The standard InChI is InChI=1S/C11H14BrNO4S/c1-3-17-11(14)7-13-18(15,16)10-5-4-8(2)6-9(10)12/h4-6,13H,3,7H2,1-2H3. The molecule has 1 aromatic rings. The zero-order valence-corrected chi connectivity index (χ0v) is 12.5. The first-order chi connectivity index (χ1) is 8.36. The van der Waals surface area contributed by atoms with Crippen LogP contribution in [-0.2, 0) is 19.6 Å². The number of hydrogen-bond acceptors (Lipinski definition) is 4. The minimum absolute atomic E-state index is 0.0948. The van der Waals surface area contributed by atoms with Gasteiger partial charge in [-0.15, -0.1) is 0 Å². The fourth-order valence-corrected chi connectivity index (χ4v) is 3.43. The van der Waals surface area contributed by atoms with Crippen LogP contribution in [0.1, 0.15) is 12.5 Å². The highest BCUT2D eigenvalue weighted by Crippen LogP contribution is 2.22. The molecule has 0 spiro atoms. The summed E-state index contributed by atoms with van der Waals surface area (Å²) in [6.07, 6.45) is 0. The van der Waals surface area contributed by atoms with Crippen molar-refractivity contribution in [3.63, 3.8) is 0 Å². The molecule has 0 aliphatic carbocycles. The number of benzene rings is 1. The minimum Gasteiger partial charge on any atom is -0.465 e. The Kier molecular flexibility index (Phi) is 5.30. The molecule has 1 aromatic carbocycles. The van der Waals surface area contributed by atoms with Crippen LogP contribution in [0.15, 0.2) is 27.6 Å². The predicted molar refractivity (Wildman–Crippen MR) is 70.7 cm³/mol. The maximum Gasteiger partial charge on any atom is 0.321 e. The van der Waals surface area contributed by atoms with Gasteiger partial charge < -0.3 is 4.74 Å². The van der Waals surface area contributed by atoms with Gasteiger partial charge in [0.15, 0.2) is 0 Å². The van der Waals surface area contributed by atoms with E-state index >= 15 is 0 Å². The van der Waals surface area contributed by atoms with Crippen LogP contribution in [0.5, 0.6) is 0 Å². The van der Waals surface area contributed by atoms with Crippen LogP contribution >= 0.6 is 15.9 Å². The summed E-state index contributed by atoms with van der Waals surface area (Å²) in [7, 11) is -3.72. The molecule has 0 aromatic heterocycles. The van der Waals surface area contributed by atoms with E-state index in [1.165, 1.54) is 6.07 Å². The summed E-state index contributed by atoms with van der Waals surface area (Å²) in [6.45, 7) is 3.35. The molecule has 18 heavy (non-hydrogen) atoms. The van der Waals surface area contributed by atoms with E-state index in [2.05, 4.69) is 25.4 Å². The van der Waals surface area contributed by atoms with Crippen molar-refractivity contribution >= 4 is 31.9 Å². The van der Waals surface area contributed by atoms with Crippen LogP contribution in [0.25, 0.3) is 0 Å². The first-order valence-corrected chi connectivity index (χ1v) is 7.56. The van der Waals surface area contributed by atoms with Gasteiger partial charge in [-0.3, -0.25) is 4.79 Å². The third-order valence-electron chi connectivity index (χ3n) is 2.09. The molecule has 0 bridgehead atoms. The van der Waals surface area contributed by atoms with Crippen molar-refractivity contribution in [2.45, 2.75) is 18.7 Å². The number of halogens is 1. The van der Waals surface area contributed by atoms with Gasteiger partial charge in [-0.2, -0.15) is 4.72 Å². The van der Waals surface area contributed by atoms with Crippen molar-refractivity contribution in [2.24, 2.45) is 0 Å². The summed E-state index contributed by atoms with van der Waals surface area (Å²) < 4.78 is 31.1. The molecule has 0 aliphatic rings. The summed E-state index contributed by atoms with van der Waals surface area (Å²) in [5.74, 6) is -0.607. The summed E-state index contributed by atoms with van der Waals surface area (Å²) in [4.78, 5) is 11.2. The molecule has 0 aliphatic heterocycles. The highest BCUT2D eigenvalue weighted by atomic mass is 79.9. The fraction of sp³-hybridized carbons (Fsp3) is 0.364. The lowest BCUT2D eigenvalue weighted by Crippen LogP contribution is -2.30. The van der Waals surface area contributed by atoms with Crippen LogP contribution in [0.2, 0.25) is 0 Å². The second-order valence-electron chi connectivity index (χ2n) is 3.56. The Labute approximate surface area is 115 Å². The molecule has 5 nitrogen and oxygen atoms in total. The number of aryl methyl sites for hydroxylation is 1. The third kappa shape index (κ3) is 4.08. The molecule has 0 heterocycles. The van der Waals surface area contributed by atoms with Crippen molar-refractivity contribution in [3.8, 4) is 0 Å². The fourth-order valence-electron chi connectivity index (χ4n) is 1.27. The number of carbonyl (C=O) groups is 1. The molecule has 0 atom stereocenters. The number of nitrogens with one attached hydrogen (secondary N) is 1. The minimum atomic E-state index is -3.72. The molecule has 0 radical (unpaired) electrons. The average molecular weight is 336 g/mol. The number of carbonyl (C=O) groups excluding carboxylic acids is 1. The van der Waals surface area contributed by atoms with E-state index in [1.807, 2.05) is 6.92 Å². The molecular formula is C11H14BrNO4S. The molecule has 1 rings (SSSR count). The molecule has 0 saturated carbocycles. The smallest absolute Gasteiger partial charge is 0.321 e. The van der Waals surface area contributed by atoms with E-state index in [0.717, 1.165) is 5.56 Å². The predicted octanol–water partition coefficient (Wildman–Crippen LogP) is 1.60. The average Bonchev–Trinajstić information content (AvgIpc) is 2.26. The lowest BCUT2D eigenvalue weighted by Gasteiger charge is -2.08. The van der Waals surface area contributed by atoms with Crippen LogP contribution in [-0.4, -0.2) is 27.5 Å². The first kappa shape index (κ1) is 15.1. The van der Waals surface area contributed by atoms with Gasteiger partial charge in [-0.1, -0.05) is 6.07 Å². The molecule has 7 heteroatoms. The molecule has 0 saturated heterocycles. The van der Waals surface area contributed by atoms with Crippen LogP contribution in [0.4, 0.5) is 0 Å². The van der Waals surface area contributed by atoms with E-state index in [1.54, 1.807) is 19.1 Å². The monoisotopic (exact) mass is 335 g/mol. The summed E-state index contributed by atoms with van der Waals surface area (Å²) in [6, 6.07) is 4.86. The van der Waals surface area contributed by atoms with Crippen molar-refractivity contribution < 1.29 is 17.9 Å². The first-order valence-electron chi connectivity index (χ1n) is 5.28. The van der Waals surface area contributed by atoms with E-state index in [4.69, 9.17) is 0 Å². The zero-order chi connectivity index (χ0) is 13.8. The summed E-state index contributed by atoms with van der Waals surface area (Å²) in [5, 5.41) is 0. The topological polar surface area (TPSA) is 72.5 Å². The number of rotatable bonds is 5. The van der Waals surface area contributed by atoms with Crippen molar-refractivity contribution in [1.82, 2.24) is 4.72 Å². The van der Waals surface area contributed by atoms with Crippen molar-refractivity contribution in [1.29, 1.82) is 0 Å². The van der Waals surface area contributed by atoms with Gasteiger partial charge in [0, 0.05) is 4.47 Å². The van der Waals surface area contributed by atoms with Crippen LogP contribution < -0.4 is 4.72 Å². The summed E-state index contributed by atoms with van der Waals surface area (Å²) >= 11 is 3.19. The molecular weight excluding hydrogens is 322 g/mol. The van der Waals surface area contributed by atoms with Crippen LogP contribution in [0.3, 0.4) is 0 Å². The number of sulfonamides is 1. The highest BCUT2D eigenvalue weighted by molar-refractivity contribution is 9.10. The largest absolute Gasteiger partial charge is 0.465 e. The van der Waals surface area contributed by atoms with Gasteiger partial charge in [0.1, 0.15) is 6.54 Å². The van der Waals surface area contributed by atoms with Gasteiger partial charge in [0.05, 0.1) is 11.5 Å². The molecule has 1 N–H and O–H groups in total. The van der Waals surface area contributed by atoms with E-state index in [-0.39, 0.29) is 18.0 Å². The number of esters is 1. The lowest BCUT2D eigenvalue weighted by molar-refractivity contribution is -0.141. The Balaban J connectivity index is 2.83. The molecule has 0 unspecified atom stereocenters. The van der Waals surface area contributed by atoms with Gasteiger partial charge in [-0.05, 0) is 47.5 Å². The van der Waals surface area contributed by atoms with Crippen molar-refractivity contribution in [3.05, 3.63) is 28.2 Å². The van der Waals surface area contributed by atoms with Crippen LogP contribution in [0, 0.1) is 6.92 Å². The van der Waals surface area contributed by atoms with E-state index < -0.39 is 16.0 Å². The second-order valence-corrected chi connectivity index (χ2v) is 6.15. The van der Waals surface area contributed by atoms with Crippen molar-refractivity contribution in [2.75, 3.05) is 13.2 Å². The van der Waals surface area contributed by atoms with Gasteiger partial charge in [0.2, 0.25) is 10.0 Å². The Morgan fingerprint density at radius 2 is 2.11 bits per heavy atom. The van der Waals surface area contributed by atoms with E-state index in [9.17, 15) is 13.2 Å². The maximum atomic E-state index is 11.9. The van der Waals surface area contributed by atoms with Gasteiger partial charge in [0.25, 0.3) is 0 Å². The molecule has 0 fully saturated rings. The summed E-state index contributed by atoms with van der Waals surface area (Å²) in [5.41, 5.74) is 0.936. The maximum absolute atomic E-state index is 11.9. The SMILES string of the molecule is CCOC(=O)CNS(=O)(=O)c1ccc(C)cc1Br. The zero-order valence-electron chi connectivity index (χ0n) is 10.1. The lowest BCUT2D eigenvalue weighted by atomic mass is 10.2. The molecule has 100 valence electrons. The highest BCUT2D eigenvalue weighted by Gasteiger charge is 2.18. The Morgan fingerprint density at radius 1 is 1.44 bits per heavy atom. The number of hydrogen-bond donors (Lipinski definition) is 1.